The SMILES string of the molecule is C#CCOc1cccc(F)c1N. The highest BCUT2D eigenvalue weighted by atomic mass is 19.1. The van der Waals surface area contributed by atoms with E-state index in [0.29, 0.717) is 0 Å². The zero-order valence-corrected chi connectivity index (χ0v) is 6.38. The molecule has 1 rings (SSSR count). The molecule has 2 nitrogen and oxygen atoms in total. The zero-order valence-electron chi connectivity index (χ0n) is 6.38. The number of ether oxygens (including phenoxy) is 1. The van der Waals surface area contributed by atoms with Crippen LogP contribution in [0.5, 0.6) is 5.75 Å². The van der Waals surface area contributed by atoms with Gasteiger partial charge in [0.05, 0.1) is 0 Å². The molecule has 62 valence electrons. The van der Waals surface area contributed by atoms with Gasteiger partial charge < -0.3 is 10.5 Å². The molecule has 0 aliphatic rings. The molecule has 0 amide bonds. The minimum absolute atomic E-state index is 0.00671. The number of hydrogen-bond donors (Lipinski definition) is 1. The van der Waals surface area contributed by atoms with E-state index in [9.17, 15) is 4.39 Å². The number of hydrogen-bond acceptors (Lipinski definition) is 2. The van der Waals surface area contributed by atoms with Crippen molar-refractivity contribution in [2.75, 3.05) is 12.3 Å². The fraction of sp³-hybridized carbons (Fsp3) is 0.111. The van der Waals surface area contributed by atoms with Crippen molar-refractivity contribution in [3.05, 3.63) is 24.0 Å². The van der Waals surface area contributed by atoms with E-state index >= 15 is 0 Å². The molecule has 0 fully saturated rings. The summed E-state index contributed by atoms with van der Waals surface area (Å²) in [6.07, 6.45) is 4.95. The van der Waals surface area contributed by atoms with Crippen LogP contribution in [-0.4, -0.2) is 6.61 Å². The Morgan fingerprint density at radius 1 is 1.58 bits per heavy atom. The first kappa shape index (κ1) is 8.41. The number of nitrogen functional groups attached to an aromatic ring is 1. The Hall–Kier alpha value is -1.69. The zero-order chi connectivity index (χ0) is 8.97. The molecule has 12 heavy (non-hydrogen) atoms. The largest absolute Gasteiger partial charge is 0.479 e. The van der Waals surface area contributed by atoms with E-state index in [1.807, 2.05) is 0 Å². The van der Waals surface area contributed by atoms with Gasteiger partial charge in [0, 0.05) is 0 Å². The monoisotopic (exact) mass is 165 g/mol. The van der Waals surface area contributed by atoms with Crippen molar-refractivity contribution in [3.63, 3.8) is 0 Å². The quantitative estimate of drug-likeness (QED) is 0.531. The van der Waals surface area contributed by atoms with E-state index in [-0.39, 0.29) is 18.0 Å². The summed E-state index contributed by atoms with van der Waals surface area (Å²) >= 11 is 0. The molecule has 0 saturated heterocycles. The number of rotatable bonds is 2. The van der Waals surface area contributed by atoms with E-state index in [0.717, 1.165) is 0 Å². The Morgan fingerprint density at radius 2 is 2.33 bits per heavy atom. The maximum absolute atomic E-state index is 12.7. The highest BCUT2D eigenvalue weighted by molar-refractivity contribution is 5.53. The van der Waals surface area contributed by atoms with Crippen LogP contribution < -0.4 is 10.5 Å². The van der Waals surface area contributed by atoms with Crippen molar-refractivity contribution in [1.82, 2.24) is 0 Å². The Labute approximate surface area is 70.1 Å². The Bertz CT molecular complexity index is 317. The van der Waals surface area contributed by atoms with Gasteiger partial charge in [-0.05, 0) is 12.1 Å². The lowest BCUT2D eigenvalue weighted by Crippen LogP contribution is -1.99. The van der Waals surface area contributed by atoms with Gasteiger partial charge in [-0.3, -0.25) is 0 Å². The molecule has 0 bridgehead atoms. The normalized spacial score (nSPS) is 9.00. The van der Waals surface area contributed by atoms with E-state index in [1.165, 1.54) is 12.1 Å². The molecule has 1 aromatic rings. The van der Waals surface area contributed by atoms with Gasteiger partial charge >= 0.3 is 0 Å². The first-order valence-corrected chi connectivity index (χ1v) is 3.36. The Kier molecular flexibility index (Phi) is 2.54. The number of halogens is 1. The van der Waals surface area contributed by atoms with Gasteiger partial charge in [-0.15, -0.1) is 6.42 Å². The van der Waals surface area contributed by atoms with Crippen molar-refractivity contribution in [3.8, 4) is 18.1 Å². The van der Waals surface area contributed by atoms with Crippen LogP contribution in [0, 0.1) is 18.2 Å². The third-order valence-electron chi connectivity index (χ3n) is 1.32. The van der Waals surface area contributed by atoms with E-state index < -0.39 is 5.82 Å². The van der Waals surface area contributed by atoms with E-state index in [4.69, 9.17) is 16.9 Å². The molecule has 0 heterocycles. The number of terminal acetylenes is 1. The molecular weight excluding hydrogens is 157 g/mol. The topological polar surface area (TPSA) is 35.2 Å². The molecule has 3 heteroatoms. The van der Waals surface area contributed by atoms with Crippen molar-refractivity contribution in [2.24, 2.45) is 0 Å². The summed E-state index contributed by atoms with van der Waals surface area (Å²) in [6.45, 7) is 0.0909. The molecule has 0 radical (unpaired) electrons. The number of benzene rings is 1. The minimum Gasteiger partial charge on any atom is -0.479 e. The molecule has 0 aliphatic heterocycles. The molecule has 0 spiro atoms. The Balaban J connectivity index is 2.86. The molecule has 0 aliphatic carbocycles. The second-order valence-corrected chi connectivity index (χ2v) is 2.14. The lowest BCUT2D eigenvalue weighted by Gasteiger charge is -2.05. The summed E-state index contributed by atoms with van der Waals surface area (Å²) in [5, 5.41) is 0. The lowest BCUT2D eigenvalue weighted by atomic mass is 10.3. The average Bonchev–Trinajstić information content (AvgIpc) is 2.08. The summed E-state index contributed by atoms with van der Waals surface area (Å²) in [4.78, 5) is 0. The predicted octanol–water partition coefficient (Wildman–Crippen LogP) is 1.42. The maximum Gasteiger partial charge on any atom is 0.149 e. The van der Waals surface area contributed by atoms with Crippen molar-refractivity contribution in [2.45, 2.75) is 0 Å². The molecule has 0 aromatic heterocycles. The highest BCUT2D eigenvalue weighted by Gasteiger charge is 2.03. The van der Waals surface area contributed by atoms with Crippen molar-refractivity contribution >= 4 is 5.69 Å². The lowest BCUT2D eigenvalue weighted by molar-refractivity contribution is 0.370. The first-order chi connectivity index (χ1) is 5.75. The van der Waals surface area contributed by atoms with Gasteiger partial charge in [-0.2, -0.15) is 0 Å². The minimum atomic E-state index is -0.496. The molecule has 0 unspecified atom stereocenters. The van der Waals surface area contributed by atoms with Crippen LogP contribution in [0.1, 0.15) is 0 Å². The van der Waals surface area contributed by atoms with Crippen LogP contribution >= 0.6 is 0 Å². The smallest absolute Gasteiger partial charge is 0.149 e. The summed E-state index contributed by atoms with van der Waals surface area (Å²) in [5.74, 6) is 2.05. The van der Waals surface area contributed by atoms with Crippen molar-refractivity contribution < 1.29 is 9.13 Å². The van der Waals surface area contributed by atoms with Gasteiger partial charge in [-0.25, -0.2) is 4.39 Å². The Morgan fingerprint density at radius 3 is 3.00 bits per heavy atom. The first-order valence-electron chi connectivity index (χ1n) is 3.36. The second-order valence-electron chi connectivity index (χ2n) is 2.14. The third kappa shape index (κ3) is 1.67. The van der Waals surface area contributed by atoms with Crippen LogP contribution in [0.4, 0.5) is 10.1 Å². The third-order valence-corrected chi connectivity index (χ3v) is 1.32. The summed E-state index contributed by atoms with van der Waals surface area (Å²) in [7, 11) is 0. The van der Waals surface area contributed by atoms with Crippen LogP contribution in [0.25, 0.3) is 0 Å². The summed E-state index contributed by atoms with van der Waals surface area (Å²) in [6, 6.07) is 4.34. The average molecular weight is 165 g/mol. The summed E-state index contributed by atoms with van der Waals surface area (Å²) in [5.41, 5.74) is 5.35. The molecule has 0 saturated carbocycles. The highest BCUT2D eigenvalue weighted by Crippen LogP contribution is 2.23. The predicted molar refractivity (Wildman–Crippen MR) is 45.1 cm³/mol. The number of anilines is 1. The summed E-state index contributed by atoms with van der Waals surface area (Å²) < 4.78 is 17.7. The molecular formula is C9H8FNO. The van der Waals surface area contributed by atoms with Crippen LogP contribution in [0.15, 0.2) is 18.2 Å². The van der Waals surface area contributed by atoms with Crippen molar-refractivity contribution in [1.29, 1.82) is 0 Å². The van der Waals surface area contributed by atoms with Crippen LogP contribution in [0.3, 0.4) is 0 Å². The fourth-order valence-electron chi connectivity index (χ4n) is 0.763. The van der Waals surface area contributed by atoms with Gasteiger partial charge in [0.15, 0.2) is 0 Å². The van der Waals surface area contributed by atoms with E-state index in [2.05, 4.69) is 5.92 Å². The van der Waals surface area contributed by atoms with Gasteiger partial charge in [0.1, 0.15) is 23.9 Å². The second kappa shape index (κ2) is 3.63. The van der Waals surface area contributed by atoms with Gasteiger partial charge in [-0.1, -0.05) is 12.0 Å². The maximum atomic E-state index is 12.7. The van der Waals surface area contributed by atoms with Crippen LogP contribution in [-0.2, 0) is 0 Å². The van der Waals surface area contributed by atoms with Gasteiger partial charge in [0.25, 0.3) is 0 Å². The number of para-hydroxylation sites is 1. The molecule has 2 N–H and O–H groups in total. The number of nitrogens with two attached hydrogens (primary N) is 1. The molecule has 0 atom stereocenters. The van der Waals surface area contributed by atoms with E-state index in [1.54, 1.807) is 6.07 Å². The molecule has 1 aromatic carbocycles. The standard InChI is InChI=1S/C9H8FNO/c1-2-6-12-8-5-3-4-7(10)9(8)11/h1,3-5H,6,11H2. The van der Waals surface area contributed by atoms with Gasteiger partial charge in [0.2, 0.25) is 0 Å². The van der Waals surface area contributed by atoms with Crippen LogP contribution in [0.2, 0.25) is 0 Å². The fourth-order valence-corrected chi connectivity index (χ4v) is 0.763.